The van der Waals surface area contributed by atoms with E-state index in [1.807, 2.05) is 18.2 Å². The smallest absolute Gasteiger partial charge is 0.137 e. The molecule has 1 aromatic rings. The molecule has 5 heteroatoms. The quantitative estimate of drug-likeness (QED) is 0.703. The van der Waals surface area contributed by atoms with Crippen LogP contribution < -0.4 is 10.1 Å². The fraction of sp³-hybridized carbons (Fsp3) is 0.538. The number of hydrogen-bond acceptors (Lipinski definition) is 2. The second kappa shape index (κ2) is 9.62. The molecule has 1 rings (SSSR count). The SMILES string of the molecule is COCCC[NH2+]CCCOc1ccc(Br)cc1Cl. The lowest BCUT2D eigenvalue weighted by Gasteiger charge is -2.07. The fourth-order valence-corrected chi connectivity index (χ4v) is 2.25. The van der Waals surface area contributed by atoms with Crippen LogP contribution in [0.5, 0.6) is 5.75 Å². The number of halogens is 2. The predicted octanol–water partition coefficient (Wildman–Crippen LogP) is 2.47. The molecule has 0 fully saturated rings. The van der Waals surface area contributed by atoms with Gasteiger partial charge in [-0.1, -0.05) is 27.5 Å². The first-order valence-electron chi connectivity index (χ1n) is 6.12. The number of rotatable bonds is 9. The molecular weight excluding hydrogens is 318 g/mol. The number of ether oxygens (including phenoxy) is 2. The fourth-order valence-electron chi connectivity index (χ4n) is 1.52. The van der Waals surface area contributed by atoms with E-state index < -0.39 is 0 Å². The molecule has 0 heterocycles. The van der Waals surface area contributed by atoms with Crippen LogP contribution in [-0.2, 0) is 4.74 Å². The molecule has 0 aliphatic carbocycles. The maximum atomic E-state index is 6.05. The number of quaternary nitrogens is 1. The minimum Gasteiger partial charge on any atom is -0.492 e. The third kappa shape index (κ3) is 6.59. The molecule has 18 heavy (non-hydrogen) atoms. The lowest BCUT2D eigenvalue weighted by atomic mass is 10.3. The van der Waals surface area contributed by atoms with Gasteiger partial charge in [-0.15, -0.1) is 0 Å². The standard InChI is InChI=1S/C13H19BrClNO2/c1-17-8-2-6-16-7-3-9-18-13-5-4-11(14)10-12(13)15/h4-5,10,16H,2-3,6-9H2,1H3/p+1. The Morgan fingerprint density at radius 1 is 1.22 bits per heavy atom. The highest BCUT2D eigenvalue weighted by Gasteiger charge is 2.01. The van der Waals surface area contributed by atoms with Gasteiger partial charge in [-0.25, -0.2) is 0 Å². The Hall–Kier alpha value is -0.290. The van der Waals surface area contributed by atoms with Crippen LogP contribution in [0.25, 0.3) is 0 Å². The molecule has 3 nitrogen and oxygen atoms in total. The van der Waals surface area contributed by atoms with Crippen LogP contribution in [0.1, 0.15) is 12.8 Å². The van der Waals surface area contributed by atoms with Crippen molar-refractivity contribution in [2.24, 2.45) is 0 Å². The summed E-state index contributed by atoms with van der Waals surface area (Å²) in [5, 5.41) is 2.93. The first-order valence-corrected chi connectivity index (χ1v) is 7.29. The number of benzene rings is 1. The lowest BCUT2D eigenvalue weighted by Crippen LogP contribution is -2.84. The van der Waals surface area contributed by atoms with Crippen LogP contribution in [0.15, 0.2) is 22.7 Å². The minimum absolute atomic E-state index is 0.647. The summed E-state index contributed by atoms with van der Waals surface area (Å²) >= 11 is 9.41. The second-order valence-corrected chi connectivity index (χ2v) is 5.31. The summed E-state index contributed by atoms with van der Waals surface area (Å²) in [5.74, 6) is 0.749. The van der Waals surface area contributed by atoms with Gasteiger partial charge in [-0.2, -0.15) is 0 Å². The molecule has 0 unspecified atom stereocenters. The summed E-state index contributed by atoms with van der Waals surface area (Å²) in [4.78, 5) is 0. The molecule has 102 valence electrons. The molecule has 0 atom stereocenters. The molecule has 0 radical (unpaired) electrons. The first kappa shape index (κ1) is 15.8. The average molecular weight is 338 g/mol. The van der Waals surface area contributed by atoms with Gasteiger partial charge in [-0.3, -0.25) is 0 Å². The summed E-state index contributed by atoms with van der Waals surface area (Å²) in [6.07, 6.45) is 2.11. The molecule has 0 saturated carbocycles. The largest absolute Gasteiger partial charge is 0.492 e. The van der Waals surface area contributed by atoms with Gasteiger partial charge in [0.15, 0.2) is 0 Å². The highest BCUT2D eigenvalue weighted by atomic mass is 79.9. The normalized spacial score (nSPS) is 10.6. The Bertz CT molecular complexity index is 350. The Morgan fingerprint density at radius 3 is 2.61 bits per heavy atom. The highest BCUT2D eigenvalue weighted by molar-refractivity contribution is 9.10. The van der Waals surface area contributed by atoms with Gasteiger partial charge in [0.1, 0.15) is 5.75 Å². The topological polar surface area (TPSA) is 35.1 Å². The van der Waals surface area contributed by atoms with Crippen molar-refractivity contribution in [3.8, 4) is 5.75 Å². The summed E-state index contributed by atoms with van der Waals surface area (Å²) in [6, 6.07) is 5.65. The molecule has 0 saturated heterocycles. The molecule has 1 aromatic carbocycles. The average Bonchev–Trinajstić information content (AvgIpc) is 2.35. The van der Waals surface area contributed by atoms with E-state index in [4.69, 9.17) is 21.1 Å². The van der Waals surface area contributed by atoms with E-state index in [9.17, 15) is 0 Å². The van der Waals surface area contributed by atoms with Crippen molar-refractivity contribution in [3.05, 3.63) is 27.7 Å². The van der Waals surface area contributed by atoms with Gasteiger partial charge in [0.25, 0.3) is 0 Å². The monoisotopic (exact) mass is 336 g/mol. The molecule has 0 bridgehead atoms. The molecule has 0 aromatic heterocycles. The zero-order chi connectivity index (χ0) is 13.2. The van der Waals surface area contributed by atoms with E-state index in [0.29, 0.717) is 11.6 Å². The maximum absolute atomic E-state index is 6.05. The Kier molecular flexibility index (Phi) is 8.42. The second-order valence-electron chi connectivity index (χ2n) is 3.99. The minimum atomic E-state index is 0.647. The highest BCUT2D eigenvalue weighted by Crippen LogP contribution is 2.27. The molecule has 0 aliphatic heterocycles. The van der Waals surface area contributed by atoms with Crippen LogP contribution in [0.2, 0.25) is 5.02 Å². The molecular formula is C13H20BrClNO2+. The van der Waals surface area contributed by atoms with Crippen molar-refractivity contribution < 1.29 is 14.8 Å². The summed E-state index contributed by atoms with van der Waals surface area (Å²) in [6.45, 7) is 3.70. The van der Waals surface area contributed by atoms with Gasteiger partial charge < -0.3 is 14.8 Å². The van der Waals surface area contributed by atoms with Gasteiger partial charge in [0.2, 0.25) is 0 Å². The van der Waals surface area contributed by atoms with Crippen molar-refractivity contribution in [2.45, 2.75) is 12.8 Å². The number of hydrogen-bond donors (Lipinski definition) is 1. The third-order valence-corrected chi connectivity index (χ3v) is 3.25. The molecule has 0 amide bonds. The Morgan fingerprint density at radius 2 is 1.94 bits per heavy atom. The zero-order valence-electron chi connectivity index (χ0n) is 10.6. The van der Waals surface area contributed by atoms with Crippen LogP contribution in [-0.4, -0.2) is 33.4 Å². The van der Waals surface area contributed by atoms with Crippen molar-refractivity contribution in [3.63, 3.8) is 0 Å². The third-order valence-electron chi connectivity index (χ3n) is 2.46. The molecule has 0 spiro atoms. The van der Waals surface area contributed by atoms with Gasteiger partial charge in [0, 0.05) is 24.4 Å². The van der Waals surface area contributed by atoms with Gasteiger partial charge >= 0.3 is 0 Å². The van der Waals surface area contributed by atoms with Crippen molar-refractivity contribution in [1.29, 1.82) is 0 Å². The summed E-state index contributed by atoms with van der Waals surface area (Å²) in [7, 11) is 1.73. The molecule has 2 N–H and O–H groups in total. The van der Waals surface area contributed by atoms with Crippen LogP contribution >= 0.6 is 27.5 Å². The molecule has 0 aliphatic rings. The predicted molar refractivity (Wildman–Crippen MR) is 77.4 cm³/mol. The Balaban J connectivity index is 2.07. The van der Waals surface area contributed by atoms with E-state index in [1.165, 1.54) is 0 Å². The van der Waals surface area contributed by atoms with E-state index in [0.717, 1.165) is 42.8 Å². The number of methoxy groups -OCH3 is 1. The van der Waals surface area contributed by atoms with Crippen LogP contribution in [0.3, 0.4) is 0 Å². The van der Waals surface area contributed by atoms with E-state index in [-0.39, 0.29) is 0 Å². The van der Waals surface area contributed by atoms with Crippen molar-refractivity contribution >= 4 is 27.5 Å². The lowest BCUT2D eigenvalue weighted by molar-refractivity contribution is -0.655. The van der Waals surface area contributed by atoms with E-state index >= 15 is 0 Å². The van der Waals surface area contributed by atoms with Crippen LogP contribution in [0, 0.1) is 0 Å². The van der Waals surface area contributed by atoms with Crippen LogP contribution in [0.4, 0.5) is 0 Å². The Labute approximate surface area is 122 Å². The van der Waals surface area contributed by atoms with E-state index in [1.54, 1.807) is 7.11 Å². The van der Waals surface area contributed by atoms with Gasteiger partial charge in [0.05, 0.1) is 31.3 Å². The first-order chi connectivity index (χ1) is 8.74. The van der Waals surface area contributed by atoms with E-state index in [2.05, 4.69) is 21.2 Å². The number of nitrogens with two attached hydrogens (primary N) is 1. The van der Waals surface area contributed by atoms with Gasteiger partial charge in [-0.05, 0) is 18.2 Å². The maximum Gasteiger partial charge on any atom is 0.137 e. The summed E-state index contributed by atoms with van der Waals surface area (Å²) < 4.78 is 11.6. The van der Waals surface area contributed by atoms with Crippen molar-refractivity contribution in [2.75, 3.05) is 33.4 Å². The van der Waals surface area contributed by atoms with Crippen molar-refractivity contribution in [1.82, 2.24) is 0 Å². The summed E-state index contributed by atoms with van der Waals surface area (Å²) in [5.41, 5.74) is 0. The zero-order valence-corrected chi connectivity index (χ0v) is 13.0.